The van der Waals surface area contributed by atoms with Gasteiger partial charge in [0.15, 0.2) is 0 Å². The summed E-state index contributed by atoms with van der Waals surface area (Å²) in [5, 5.41) is 12.3. The fourth-order valence-electron chi connectivity index (χ4n) is 2.47. The molecule has 1 aliphatic rings. The van der Waals surface area contributed by atoms with E-state index in [1.54, 1.807) is 12.1 Å². The fraction of sp³-hybridized carbons (Fsp3) is 0.500. The number of hydrogen-bond acceptors (Lipinski definition) is 4. The average Bonchev–Trinajstić information content (AvgIpc) is 2.38. The molecule has 1 aromatic carbocycles. The summed E-state index contributed by atoms with van der Waals surface area (Å²) in [6, 6.07) is 7.49. The van der Waals surface area contributed by atoms with Crippen molar-refractivity contribution in [3.05, 3.63) is 23.8 Å². The number of nitrogens with zero attached hydrogens (tertiary/aromatic N) is 2. The van der Waals surface area contributed by atoms with Gasteiger partial charge in [0.05, 0.1) is 23.0 Å². The minimum Gasteiger partial charge on any atom is -0.397 e. The summed E-state index contributed by atoms with van der Waals surface area (Å²) in [7, 11) is 2.16. The van der Waals surface area contributed by atoms with Gasteiger partial charge in [-0.15, -0.1) is 0 Å². The Morgan fingerprint density at radius 2 is 2.39 bits per heavy atom. The molecule has 0 aromatic heterocycles. The standard InChI is InChI=1S/C14H20N4/c1-18-6-2-3-12(10-18)9-17-14-7-11(8-15)4-5-13(14)16/h4-5,7,12,17H,2-3,6,9-10,16H2,1H3. The van der Waals surface area contributed by atoms with E-state index in [1.165, 1.54) is 19.4 Å². The quantitative estimate of drug-likeness (QED) is 0.797. The zero-order chi connectivity index (χ0) is 13.0. The van der Waals surface area contributed by atoms with Crippen LogP contribution in [0.1, 0.15) is 18.4 Å². The molecule has 3 N–H and O–H groups in total. The topological polar surface area (TPSA) is 65.1 Å². The molecule has 0 bridgehead atoms. The highest BCUT2D eigenvalue weighted by Gasteiger charge is 2.16. The summed E-state index contributed by atoms with van der Waals surface area (Å²) in [6.07, 6.45) is 2.52. The summed E-state index contributed by atoms with van der Waals surface area (Å²) in [5.41, 5.74) is 8.13. The molecule has 0 radical (unpaired) electrons. The summed E-state index contributed by atoms with van der Waals surface area (Å²) in [6.45, 7) is 3.25. The largest absolute Gasteiger partial charge is 0.397 e. The first-order chi connectivity index (χ1) is 8.69. The Hall–Kier alpha value is -1.73. The lowest BCUT2D eigenvalue weighted by Crippen LogP contribution is -2.35. The number of hydrogen-bond donors (Lipinski definition) is 2. The van der Waals surface area contributed by atoms with E-state index in [9.17, 15) is 0 Å². The van der Waals surface area contributed by atoms with Gasteiger partial charge in [-0.2, -0.15) is 5.26 Å². The molecule has 2 rings (SSSR count). The third kappa shape index (κ3) is 3.14. The van der Waals surface area contributed by atoms with Crippen LogP contribution in [-0.2, 0) is 0 Å². The Morgan fingerprint density at radius 1 is 1.56 bits per heavy atom. The molecule has 1 atom stereocenters. The SMILES string of the molecule is CN1CCCC(CNc2cc(C#N)ccc2N)C1. The van der Waals surface area contributed by atoms with Gasteiger partial charge < -0.3 is 16.0 Å². The Labute approximate surface area is 108 Å². The van der Waals surface area contributed by atoms with E-state index in [2.05, 4.69) is 23.3 Å². The second-order valence-corrected chi connectivity index (χ2v) is 5.07. The van der Waals surface area contributed by atoms with Crippen LogP contribution in [0.3, 0.4) is 0 Å². The third-order valence-electron chi connectivity index (χ3n) is 3.49. The van der Waals surface area contributed by atoms with E-state index in [1.807, 2.05) is 6.07 Å². The van der Waals surface area contributed by atoms with Crippen LogP contribution in [0.25, 0.3) is 0 Å². The lowest BCUT2D eigenvalue weighted by atomic mass is 9.98. The highest BCUT2D eigenvalue weighted by Crippen LogP contribution is 2.21. The molecule has 0 aliphatic carbocycles. The van der Waals surface area contributed by atoms with Crippen molar-refractivity contribution in [2.75, 3.05) is 37.7 Å². The number of nitrogen functional groups attached to an aromatic ring is 1. The maximum atomic E-state index is 8.88. The van der Waals surface area contributed by atoms with Gasteiger partial charge in [0.1, 0.15) is 0 Å². The maximum Gasteiger partial charge on any atom is 0.0992 e. The number of piperidine rings is 1. The van der Waals surface area contributed by atoms with Gasteiger partial charge in [0.25, 0.3) is 0 Å². The van der Waals surface area contributed by atoms with Crippen LogP contribution in [0.4, 0.5) is 11.4 Å². The van der Waals surface area contributed by atoms with Crippen molar-refractivity contribution in [2.24, 2.45) is 5.92 Å². The third-order valence-corrected chi connectivity index (χ3v) is 3.49. The van der Waals surface area contributed by atoms with Crippen LogP contribution in [-0.4, -0.2) is 31.6 Å². The highest BCUT2D eigenvalue weighted by molar-refractivity contribution is 5.68. The zero-order valence-electron chi connectivity index (χ0n) is 10.8. The van der Waals surface area contributed by atoms with Crippen molar-refractivity contribution >= 4 is 11.4 Å². The molecule has 0 spiro atoms. The number of likely N-dealkylation sites (tertiary alicyclic amines) is 1. The number of benzene rings is 1. The summed E-state index contributed by atoms with van der Waals surface area (Å²) >= 11 is 0. The minimum atomic E-state index is 0.646. The fourth-order valence-corrected chi connectivity index (χ4v) is 2.47. The molecular formula is C14H20N4. The Kier molecular flexibility index (Phi) is 4.06. The first-order valence-corrected chi connectivity index (χ1v) is 6.41. The van der Waals surface area contributed by atoms with Crippen molar-refractivity contribution in [3.63, 3.8) is 0 Å². The smallest absolute Gasteiger partial charge is 0.0992 e. The summed E-state index contributed by atoms with van der Waals surface area (Å²) in [5.74, 6) is 0.661. The van der Waals surface area contributed by atoms with Gasteiger partial charge in [-0.25, -0.2) is 0 Å². The summed E-state index contributed by atoms with van der Waals surface area (Å²) in [4.78, 5) is 2.37. The van der Waals surface area contributed by atoms with E-state index in [4.69, 9.17) is 11.0 Å². The van der Waals surface area contributed by atoms with Crippen molar-refractivity contribution < 1.29 is 0 Å². The molecule has 4 heteroatoms. The number of nitrogens with one attached hydrogen (secondary N) is 1. The van der Waals surface area contributed by atoms with Gasteiger partial charge in [-0.05, 0) is 50.6 Å². The number of rotatable bonds is 3. The van der Waals surface area contributed by atoms with Crippen LogP contribution in [0.5, 0.6) is 0 Å². The monoisotopic (exact) mass is 244 g/mol. The van der Waals surface area contributed by atoms with Crippen molar-refractivity contribution in [1.29, 1.82) is 5.26 Å². The predicted octanol–water partition coefficient (Wildman–Crippen LogP) is 1.89. The van der Waals surface area contributed by atoms with Gasteiger partial charge >= 0.3 is 0 Å². The molecule has 1 aliphatic heterocycles. The lowest BCUT2D eigenvalue weighted by Gasteiger charge is -2.30. The van der Waals surface area contributed by atoms with Crippen molar-refractivity contribution in [3.8, 4) is 6.07 Å². The molecule has 1 heterocycles. The molecule has 96 valence electrons. The Bertz CT molecular complexity index is 450. The van der Waals surface area contributed by atoms with Gasteiger partial charge in [0, 0.05) is 13.1 Å². The first-order valence-electron chi connectivity index (χ1n) is 6.41. The van der Waals surface area contributed by atoms with E-state index < -0.39 is 0 Å². The van der Waals surface area contributed by atoms with E-state index in [0.29, 0.717) is 17.2 Å². The molecule has 1 saturated heterocycles. The molecule has 0 saturated carbocycles. The van der Waals surface area contributed by atoms with Crippen LogP contribution in [0, 0.1) is 17.2 Å². The molecule has 1 aromatic rings. The molecule has 18 heavy (non-hydrogen) atoms. The Morgan fingerprint density at radius 3 is 3.11 bits per heavy atom. The second-order valence-electron chi connectivity index (χ2n) is 5.07. The second kappa shape index (κ2) is 5.74. The molecule has 1 fully saturated rings. The van der Waals surface area contributed by atoms with Crippen LogP contribution >= 0.6 is 0 Å². The Balaban J connectivity index is 1.95. The lowest BCUT2D eigenvalue weighted by molar-refractivity contribution is 0.217. The number of nitrogens with two attached hydrogens (primary N) is 1. The minimum absolute atomic E-state index is 0.646. The highest BCUT2D eigenvalue weighted by atomic mass is 15.1. The van der Waals surface area contributed by atoms with Crippen LogP contribution < -0.4 is 11.1 Å². The van der Waals surface area contributed by atoms with E-state index in [-0.39, 0.29) is 0 Å². The van der Waals surface area contributed by atoms with Gasteiger partial charge in [-0.1, -0.05) is 0 Å². The predicted molar refractivity (Wildman–Crippen MR) is 74.3 cm³/mol. The van der Waals surface area contributed by atoms with E-state index >= 15 is 0 Å². The zero-order valence-corrected chi connectivity index (χ0v) is 10.8. The van der Waals surface area contributed by atoms with E-state index in [0.717, 1.165) is 18.8 Å². The molecule has 1 unspecified atom stereocenters. The number of anilines is 2. The number of nitriles is 1. The van der Waals surface area contributed by atoms with Crippen molar-refractivity contribution in [2.45, 2.75) is 12.8 Å². The van der Waals surface area contributed by atoms with Gasteiger partial charge in [0.2, 0.25) is 0 Å². The normalized spacial score (nSPS) is 20.3. The average molecular weight is 244 g/mol. The molecule has 4 nitrogen and oxygen atoms in total. The summed E-state index contributed by atoms with van der Waals surface area (Å²) < 4.78 is 0. The first kappa shape index (κ1) is 12.7. The van der Waals surface area contributed by atoms with Crippen LogP contribution in [0.2, 0.25) is 0 Å². The van der Waals surface area contributed by atoms with Gasteiger partial charge in [-0.3, -0.25) is 0 Å². The molecule has 0 amide bonds. The molecular weight excluding hydrogens is 224 g/mol. The van der Waals surface area contributed by atoms with Crippen molar-refractivity contribution in [1.82, 2.24) is 4.90 Å². The maximum absolute atomic E-state index is 8.88. The van der Waals surface area contributed by atoms with Crippen LogP contribution in [0.15, 0.2) is 18.2 Å².